The van der Waals surface area contributed by atoms with Gasteiger partial charge in [0.2, 0.25) is 0 Å². The molecule has 186 valence electrons. The van der Waals surface area contributed by atoms with Gasteiger partial charge in [-0.1, -0.05) is 36.4 Å². The number of hydrogen-bond acceptors (Lipinski definition) is 5. The molecule has 2 bridgehead atoms. The lowest BCUT2D eigenvalue weighted by molar-refractivity contribution is 0.0923. The smallest absolute Gasteiger partial charge is 0.253 e. The van der Waals surface area contributed by atoms with Crippen LogP contribution in [-0.4, -0.2) is 42.0 Å². The topological polar surface area (TPSA) is 83.6 Å². The molecule has 0 spiro atoms. The predicted molar refractivity (Wildman–Crippen MR) is 147 cm³/mol. The molecule has 3 aromatic rings. The number of carbonyl (C=O) groups excluding carboxylic acids is 2. The number of rotatable bonds is 7. The fourth-order valence-electron chi connectivity index (χ4n) is 5.33. The first-order valence-corrected chi connectivity index (χ1v) is 13.3. The quantitative estimate of drug-likeness (QED) is 0.391. The monoisotopic (exact) mass is 596 g/mol. The number of hydrogen-bond donors (Lipinski definition) is 2. The van der Waals surface area contributed by atoms with Crippen molar-refractivity contribution in [2.75, 3.05) is 12.0 Å². The summed E-state index contributed by atoms with van der Waals surface area (Å²) >= 11 is 2.17. The van der Waals surface area contributed by atoms with Crippen LogP contribution >= 0.6 is 22.6 Å². The Balaban J connectivity index is 1.20. The minimum atomic E-state index is -0.130. The van der Waals surface area contributed by atoms with Gasteiger partial charge in [-0.25, -0.2) is 4.98 Å². The van der Waals surface area contributed by atoms with Gasteiger partial charge < -0.3 is 20.3 Å². The van der Waals surface area contributed by atoms with Crippen LogP contribution in [0.3, 0.4) is 0 Å². The number of halogens is 1. The number of carbonyl (C=O) groups is 2. The summed E-state index contributed by atoms with van der Waals surface area (Å²) in [5.41, 5.74) is 2.26. The number of aromatic nitrogens is 1. The Bertz CT molecular complexity index is 1220. The van der Waals surface area contributed by atoms with Gasteiger partial charge in [0, 0.05) is 30.9 Å². The van der Waals surface area contributed by atoms with Gasteiger partial charge in [-0.05, 0) is 78.1 Å². The molecule has 2 saturated heterocycles. The maximum atomic E-state index is 13.0. The lowest BCUT2D eigenvalue weighted by Crippen LogP contribution is -2.50. The summed E-state index contributed by atoms with van der Waals surface area (Å²) in [5.74, 6) is 1.42. The zero-order valence-electron chi connectivity index (χ0n) is 20.1. The third-order valence-electron chi connectivity index (χ3n) is 7.07. The van der Waals surface area contributed by atoms with Crippen LogP contribution in [0, 0.1) is 3.57 Å². The van der Waals surface area contributed by atoms with E-state index in [0.717, 1.165) is 40.6 Å². The van der Waals surface area contributed by atoms with E-state index in [0.29, 0.717) is 35.5 Å². The van der Waals surface area contributed by atoms with Gasteiger partial charge in [-0.15, -0.1) is 0 Å². The van der Waals surface area contributed by atoms with E-state index in [4.69, 9.17) is 4.74 Å². The van der Waals surface area contributed by atoms with E-state index < -0.39 is 0 Å². The third kappa shape index (κ3) is 5.18. The Kier molecular flexibility index (Phi) is 7.41. The van der Waals surface area contributed by atoms with Crippen molar-refractivity contribution in [3.63, 3.8) is 0 Å². The Morgan fingerprint density at radius 1 is 1.00 bits per heavy atom. The standard InChI is InChI=1S/C28H29IN4O3/c1-36-24-9-5-8-23(26(24)29)28(35)32-20-14-21-11-12-22(15-20)33(21)25-13-10-19(17-30-25)27(34)31-16-18-6-3-2-4-7-18/h2-10,13,17,20-22H,11-12,14-16H2,1H3,(H,31,34)(H,32,35)/t20?,21-,22+. The minimum absolute atomic E-state index is 0.0554. The molecule has 0 aliphatic carbocycles. The van der Waals surface area contributed by atoms with Crippen molar-refractivity contribution in [2.45, 2.75) is 50.4 Å². The van der Waals surface area contributed by atoms with Gasteiger partial charge >= 0.3 is 0 Å². The second-order valence-electron chi connectivity index (χ2n) is 9.33. The number of anilines is 1. The Hall–Kier alpha value is -3.14. The second-order valence-corrected chi connectivity index (χ2v) is 10.4. The summed E-state index contributed by atoms with van der Waals surface area (Å²) < 4.78 is 6.19. The molecular formula is C28H29IN4O3. The molecular weight excluding hydrogens is 567 g/mol. The summed E-state index contributed by atoms with van der Waals surface area (Å²) in [6.45, 7) is 0.486. The van der Waals surface area contributed by atoms with Crippen molar-refractivity contribution in [2.24, 2.45) is 0 Å². The van der Waals surface area contributed by atoms with Gasteiger partial charge in [0.15, 0.2) is 0 Å². The van der Waals surface area contributed by atoms with Crippen molar-refractivity contribution in [3.05, 3.63) is 87.1 Å². The molecule has 8 heteroatoms. The Morgan fingerprint density at radius 2 is 1.75 bits per heavy atom. The van der Waals surface area contributed by atoms with E-state index in [2.05, 4.69) is 43.1 Å². The van der Waals surface area contributed by atoms with E-state index in [1.807, 2.05) is 60.7 Å². The molecule has 2 aliphatic rings. The van der Waals surface area contributed by atoms with Crippen molar-refractivity contribution in [3.8, 4) is 5.75 Å². The van der Waals surface area contributed by atoms with Gasteiger partial charge in [0.25, 0.3) is 11.8 Å². The van der Waals surface area contributed by atoms with Crippen LogP contribution in [0.4, 0.5) is 5.82 Å². The summed E-state index contributed by atoms with van der Waals surface area (Å²) in [7, 11) is 1.62. The van der Waals surface area contributed by atoms with Crippen LogP contribution in [0.25, 0.3) is 0 Å². The average molecular weight is 596 g/mol. The molecule has 1 unspecified atom stereocenters. The third-order valence-corrected chi connectivity index (χ3v) is 8.18. The maximum Gasteiger partial charge on any atom is 0.253 e. The Labute approximate surface area is 224 Å². The van der Waals surface area contributed by atoms with Gasteiger partial charge in [0.05, 0.1) is 21.8 Å². The summed E-state index contributed by atoms with van der Waals surface area (Å²) in [6, 6.07) is 20.0. The number of ether oxygens (including phenoxy) is 1. The highest BCUT2D eigenvalue weighted by molar-refractivity contribution is 14.1. The van der Waals surface area contributed by atoms with E-state index in [1.54, 1.807) is 13.3 Å². The summed E-state index contributed by atoms with van der Waals surface area (Å²) in [6.07, 6.45) is 5.57. The van der Waals surface area contributed by atoms with E-state index in [1.165, 1.54) is 0 Å². The van der Waals surface area contributed by atoms with Gasteiger partial charge in [-0.2, -0.15) is 0 Å². The largest absolute Gasteiger partial charge is 0.496 e. The van der Waals surface area contributed by atoms with Crippen molar-refractivity contribution in [1.29, 1.82) is 0 Å². The predicted octanol–water partition coefficient (Wildman–Crippen LogP) is 4.55. The highest BCUT2D eigenvalue weighted by Crippen LogP contribution is 2.38. The van der Waals surface area contributed by atoms with E-state index >= 15 is 0 Å². The van der Waals surface area contributed by atoms with Crippen LogP contribution in [0.1, 0.15) is 52.0 Å². The molecule has 0 radical (unpaired) electrons. The number of pyridine rings is 1. The van der Waals surface area contributed by atoms with Crippen LogP contribution < -0.4 is 20.3 Å². The van der Waals surface area contributed by atoms with Crippen molar-refractivity contribution >= 4 is 40.2 Å². The zero-order valence-corrected chi connectivity index (χ0v) is 22.3. The van der Waals surface area contributed by atoms with Crippen molar-refractivity contribution < 1.29 is 14.3 Å². The summed E-state index contributed by atoms with van der Waals surface area (Å²) in [4.78, 5) is 32.6. The number of nitrogens with zero attached hydrogens (tertiary/aromatic N) is 2. The zero-order chi connectivity index (χ0) is 25.1. The highest BCUT2D eigenvalue weighted by atomic mass is 127. The average Bonchev–Trinajstić information content (AvgIpc) is 3.18. The molecule has 2 aromatic carbocycles. The normalized spacial score (nSPS) is 20.6. The first-order chi connectivity index (χ1) is 17.5. The molecule has 2 amide bonds. The number of methoxy groups -OCH3 is 1. The second kappa shape index (κ2) is 10.9. The van der Waals surface area contributed by atoms with Crippen LogP contribution in [-0.2, 0) is 6.54 Å². The molecule has 3 heterocycles. The first-order valence-electron chi connectivity index (χ1n) is 12.2. The lowest BCUT2D eigenvalue weighted by Gasteiger charge is -2.40. The number of fused-ring (bicyclic) bond motifs is 2. The molecule has 2 aliphatic heterocycles. The van der Waals surface area contributed by atoms with Gasteiger partial charge in [-0.3, -0.25) is 9.59 Å². The van der Waals surface area contributed by atoms with Crippen molar-refractivity contribution in [1.82, 2.24) is 15.6 Å². The molecule has 7 nitrogen and oxygen atoms in total. The SMILES string of the molecule is COc1cccc(C(=O)NC2C[C@H]3CC[C@@H](C2)N3c2ccc(C(=O)NCc3ccccc3)cn2)c1I. The number of amides is 2. The molecule has 0 saturated carbocycles. The van der Waals surface area contributed by atoms with Crippen LogP contribution in [0.5, 0.6) is 5.75 Å². The minimum Gasteiger partial charge on any atom is -0.496 e. The molecule has 2 fully saturated rings. The number of benzene rings is 2. The molecule has 36 heavy (non-hydrogen) atoms. The fraction of sp³-hybridized carbons (Fsp3) is 0.321. The molecule has 5 rings (SSSR count). The van der Waals surface area contributed by atoms with Gasteiger partial charge in [0.1, 0.15) is 11.6 Å². The molecule has 3 atom stereocenters. The Morgan fingerprint density at radius 3 is 2.42 bits per heavy atom. The molecule has 1 aromatic heterocycles. The summed E-state index contributed by atoms with van der Waals surface area (Å²) in [5, 5.41) is 6.20. The van der Waals surface area contributed by atoms with E-state index in [9.17, 15) is 9.59 Å². The van der Waals surface area contributed by atoms with E-state index in [-0.39, 0.29) is 17.9 Å². The number of piperidine rings is 1. The van der Waals surface area contributed by atoms with Crippen LogP contribution in [0.2, 0.25) is 0 Å². The van der Waals surface area contributed by atoms with Crippen LogP contribution in [0.15, 0.2) is 66.9 Å². The maximum absolute atomic E-state index is 13.0. The number of nitrogens with one attached hydrogen (secondary N) is 2. The first kappa shape index (κ1) is 24.5. The molecule has 2 N–H and O–H groups in total. The lowest BCUT2D eigenvalue weighted by atomic mass is 9.96. The fourth-order valence-corrected chi connectivity index (χ4v) is 6.15. The highest BCUT2D eigenvalue weighted by Gasteiger charge is 2.42.